The minimum Gasteiger partial charge on any atom is -0.504 e. The fraction of sp³-hybridized carbons (Fsp3) is 0.333. The van der Waals surface area contributed by atoms with Gasteiger partial charge < -0.3 is 24.8 Å². The van der Waals surface area contributed by atoms with Crippen molar-refractivity contribution in [1.82, 2.24) is 0 Å². The Kier molecular flexibility index (Phi) is 5.47. The zero-order chi connectivity index (χ0) is 17.0. The maximum absolute atomic E-state index is 10.7. The van der Waals surface area contributed by atoms with Gasteiger partial charge in [-0.25, -0.2) is 0 Å². The molecule has 23 heavy (non-hydrogen) atoms. The number of methoxy groups -OCH3 is 2. The van der Waals surface area contributed by atoms with Crippen molar-refractivity contribution in [1.29, 1.82) is 0 Å². The monoisotopic (exact) mass is 318 g/mol. The summed E-state index contributed by atoms with van der Waals surface area (Å²) in [6.07, 6.45) is -1.75. The molecule has 3 N–H and O–H groups in total. The van der Waals surface area contributed by atoms with Crippen molar-refractivity contribution < 1.29 is 24.8 Å². The molecule has 0 saturated carbocycles. The van der Waals surface area contributed by atoms with Crippen molar-refractivity contribution >= 4 is 0 Å². The lowest BCUT2D eigenvalue weighted by Crippen LogP contribution is -2.22. The Labute approximate surface area is 135 Å². The SMILES string of the molecule is COc1ccc([C@H](C(O)c2ccc(OC)c(O)c2)[C@H](C)O)cc1. The van der Waals surface area contributed by atoms with Gasteiger partial charge in [-0.05, 0) is 42.3 Å². The molecule has 0 aliphatic heterocycles. The first-order valence-electron chi connectivity index (χ1n) is 7.35. The van der Waals surface area contributed by atoms with Crippen LogP contribution in [0.15, 0.2) is 42.5 Å². The van der Waals surface area contributed by atoms with Crippen LogP contribution >= 0.6 is 0 Å². The lowest BCUT2D eigenvalue weighted by Gasteiger charge is -2.26. The molecule has 5 heteroatoms. The van der Waals surface area contributed by atoms with Crippen LogP contribution in [0.3, 0.4) is 0 Å². The summed E-state index contributed by atoms with van der Waals surface area (Å²) < 4.78 is 10.1. The van der Waals surface area contributed by atoms with E-state index in [0.717, 1.165) is 5.56 Å². The summed E-state index contributed by atoms with van der Waals surface area (Å²) in [5.74, 6) is 0.450. The first-order chi connectivity index (χ1) is 11.0. The predicted molar refractivity (Wildman–Crippen MR) is 87.0 cm³/mol. The molecule has 0 amide bonds. The van der Waals surface area contributed by atoms with Crippen LogP contribution < -0.4 is 9.47 Å². The average molecular weight is 318 g/mol. The molecule has 0 aliphatic rings. The second-order valence-corrected chi connectivity index (χ2v) is 5.42. The number of benzene rings is 2. The third kappa shape index (κ3) is 3.75. The Morgan fingerprint density at radius 1 is 0.870 bits per heavy atom. The number of phenolic OH excluding ortho intramolecular Hbond substituents is 1. The molecular formula is C18H22O5. The fourth-order valence-electron chi connectivity index (χ4n) is 2.65. The maximum Gasteiger partial charge on any atom is 0.160 e. The third-order valence-electron chi connectivity index (χ3n) is 3.91. The van der Waals surface area contributed by atoms with Crippen molar-refractivity contribution in [2.24, 2.45) is 0 Å². The van der Waals surface area contributed by atoms with Crippen LogP contribution in [0, 0.1) is 0 Å². The highest BCUT2D eigenvalue weighted by Crippen LogP contribution is 2.37. The molecule has 3 atom stereocenters. The van der Waals surface area contributed by atoms with Crippen LogP contribution in [0.1, 0.15) is 30.1 Å². The van der Waals surface area contributed by atoms with E-state index in [1.165, 1.54) is 13.2 Å². The van der Waals surface area contributed by atoms with E-state index in [9.17, 15) is 15.3 Å². The zero-order valence-electron chi connectivity index (χ0n) is 13.4. The standard InChI is InChI=1S/C18H22O5/c1-11(19)17(12-4-7-14(22-2)8-5-12)18(21)13-6-9-16(23-3)15(20)10-13/h4-11,17-21H,1-3H3/t11-,17+,18?/m0/s1. The van der Waals surface area contributed by atoms with E-state index in [1.54, 1.807) is 38.3 Å². The van der Waals surface area contributed by atoms with E-state index >= 15 is 0 Å². The van der Waals surface area contributed by atoms with Crippen molar-refractivity contribution in [2.75, 3.05) is 14.2 Å². The van der Waals surface area contributed by atoms with Crippen LogP contribution in [0.5, 0.6) is 17.2 Å². The Morgan fingerprint density at radius 3 is 1.96 bits per heavy atom. The van der Waals surface area contributed by atoms with Crippen molar-refractivity contribution in [3.05, 3.63) is 53.6 Å². The minimum absolute atomic E-state index is 0.0527. The highest BCUT2D eigenvalue weighted by atomic mass is 16.5. The van der Waals surface area contributed by atoms with Gasteiger partial charge in [0, 0.05) is 5.92 Å². The second kappa shape index (κ2) is 7.35. The molecule has 0 radical (unpaired) electrons. The first-order valence-corrected chi connectivity index (χ1v) is 7.35. The number of aliphatic hydroxyl groups is 2. The van der Waals surface area contributed by atoms with E-state index < -0.39 is 18.1 Å². The number of hydrogen-bond acceptors (Lipinski definition) is 5. The second-order valence-electron chi connectivity index (χ2n) is 5.42. The van der Waals surface area contributed by atoms with Crippen molar-refractivity contribution in [3.8, 4) is 17.2 Å². The summed E-state index contributed by atoms with van der Waals surface area (Å²) in [5.41, 5.74) is 1.29. The first kappa shape index (κ1) is 17.1. The van der Waals surface area contributed by atoms with E-state index in [4.69, 9.17) is 9.47 Å². The van der Waals surface area contributed by atoms with Crippen molar-refractivity contribution in [2.45, 2.75) is 25.0 Å². The smallest absolute Gasteiger partial charge is 0.160 e. The predicted octanol–water partition coefficient (Wildman–Crippen LogP) is 2.61. The third-order valence-corrected chi connectivity index (χ3v) is 3.91. The number of aliphatic hydroxyl groups excluding tert-OH is 2. The number of phenols is 1. The highest BCUT2D eigenvalue weighted by molar-refractivity contribution is 5.43. The van der Waals surface area contributed by atoms with Gasteiger partial charge in [-0.3, -0.25) is 0 Å². The molecule has 0 saturated heterocycles. The molecule has 2 aromatic carbocycles. The minimum atomic E-state index is -0.972. The normalized spacial score (nSPS) is 14.8. The number of aromatic hydroxyl groups is 1. The molecule has 0 aliphatic carbocycles. The number of ether oxygens (including phenoxy) is 2. The highest BCUT2D eigenvalue weighted by Gasteiger charge is 2.28. The molecule has 1 unspecified atom stereocenters. The molecule has 0 spiro atoms. The van der Waals surface area contributed by atoms with Crippen LogP contribution in [0.4, 0.5) is 0 Å². The molecule has 0 fully saturated rings. The van der Waals surface area contributed by atoms with E-state index in [1.807, 2.05) is 12.1 Å². The summed E-state index contributed by atoms with van der Waals surface area (Å²) in [6, 6.07) is 11.9. The van der Waals surface area contributed by atoms with Gasteiger partial charge in [0.1, 0.15) is 5.75 Å². The molecular weight excluding hydrogens is 296 g/mol. The fourth-order valence-corrected chi connectivity index (χ4v) is 2.65. The molecule has 5 nitrogen and oxygen atoms in total. The van der Waals surface area contributed by atoms with Crippen LogP contribution in [0.25, 0.3) is 0 Å². The van der Waals surface area contributed by atoms with Gasteiger partial charge in [-0.15, -0.1) is 0 Å². The van der Waals surface area contributed by atoms with Gasteiger partial charge in [-0.2, -0.15) is 0 Å². The van der Waals surface area contributed by atoms with E-state index in [0.29, 0.717) is 17.1 Å². The van der Waals surface area contributed by atoms with Crippen LogP contribution in [-0.2, 0) is 0 Å². The van der Waals surface area contributed by atoms with Crippen LogP contribution in [0.2, 0.25) is 0 Å². The molecule has 0 heterocycles. The van der Waals surface area contributed by atoms with Gasteiger partial charge in [0.2, 0.25) is 0 Å². The molecule has 2 rings (SSSR count). The Bertz CT molecular complexity index is 636. The van der Waals surface area contributed by atoms with Crippen molar-refractivity contribution in [3.63, 3.8) is 0 Å². The molecule has 0 aromatic heterocycles. The average Bonchev–Trinajstić information content (AvgIpc) is 2.55. The van der Waals surface area contributed by atoms with Crippen LogP contribution in [-0.4, -0.2) is 35.6 Å². The van der Waals surface area contributed by atoms with Gasteiger partial charge in [-0.1, -0.05) is 18.2 Å². The maximum atomic E-state index is 10.7. The summed E-state index contributed by atoms with van der Waals surface area (Å²) in [7, 11) is 3.04. The molecule has 0 bridgehead atoms. The van der Waals surface area contributed by atoms with Gasteiger partial charge >= 0.3 is 0 Å². The summed E-state index contributed by atoms with van der Waals surface area (Å²) in [5, 5.41) is 30.7. The Hall–Kier alpha value is -2.24. The number of hydrogen-bond donors (Lipinski definition) is 3. The molecule has 2 aromatic rings. The van der Waals surface area contributed by atoms with Gasteiger partial charge in [0.05, 0.1) is 26.4 Å². The largest absolute Gasteiger partial charge is 0.504 e. The topological polar surface area (TPSA) is 79.2 Å². The summed E-state index contributed by atoms with van der Waals surface area (Å²) in [4.78, 5) is 0. The van der Waals surface area contributed by atoms with Gasteiger partial charge in [0.25, 0.3) is 0 Å². The lowest BCUT2D eigenvalue weighted by atomic mass is 9.85. The van der Waals surface area contributed by atoms with E-state index in [2.05, 4.69) is 0 Å². The number of rotatable bonds is 6. The van der Waals surface area contributed by atoms with E-state index in [-0.39, 0.29) is 5.75 Å². The zero-order valence-corrected chi connectivity index (χ0v) is 13.4. The quantitative estimate of drug-likeness (QED) is 0.763. The van der Waals surface area contributed by atoms with Gasteiger partial charge in [0.15, 0.2) is 11.5 Å². The summed E-state index contributed by atoms with van der Waals surface area (Å²) >= 11 is 0. The Morgan fingerprint density at radius 2 is 1.48 bits per heavy atom. The summed E-state index contributed by atoms with van der Waals surface area (Å²) in [6.45, 7) is 1.63. The lowest BCUT2D eigenvalue weighted by molar-refractivity contribution is 0.0617. The molecule has 124 valence electrons. The Balaban J connectivity index is 2.34.